The molecule has 2 atom stereocenters. The Kier molecular flexibility index (Phi) is 4.06. The molecule has 3 nitrogen and oxygen atoms in total. The Morgan fingerprint density at radius 1 is 1.17 bits per heavy atom. The quantitative estimate of drug-likeness (QED) is 0.851. The molecule has 0 aliphatic carbocycles. The summed E-state index contributed by atoms with van der Waals surface area (Å²) in [5, 5.41) is 0. The Balaban J connectivity index is 2.72. The second-order valence-electron chi connectivity index (χ2n) is 6.25. The maximum Gasteiger partial charge on any atom is 0.401 e. The third-order valence-electron chi connectivity index (χ3n) is 3.61. The van der Waals surface area contributed by atoms with Crippen LogP contribution < -0.4 is 5.73 Å². The highest BCUT2D eigenvalue weighted by Gasteiger charge is 2.52. The molecule has 1 aliphatic rings. The molecule has 1 heterocycles. The minimum absolute atomic E-state index is 0.125. The second-order valence-corrected chi connectivity index (χ2v) is 6.25. The van der Waals surface area contributed by atoms with Crippen molar-refractivity contribution in [3.63, 3.8) is 0 Å². The smallest absolute Gasteiger partial charge is 0.368 e. The van der Waals surface area contributed by atoms with Crippen LogP contribution in [0.4, 0.5) is 13.2 Å². The first kappa shape index (κ1) is 15.7. The SMILES string of the molecule is CN(CC1C(N)C(C)(C)OC1(C)C)CC(F)(F)F. The van der Waals surface area contributed by atoms with E-state index in [2.05, 4.69) is 0 Å². The molecule has 2 unspecified atom stereocenters. The van der Waals surface area contributed by atoms with E-state index in [0.29, 0.717) is 0 Å². The zero-order chi connectivity index (χ0) is 14.4. The lowest BCUT2D eigenvalue weighted by Crippen LogP contribution is -2.48. The van der Waals surface area contributed by atoms with Crippen LogP contribution in [0, 0.1) is 5.92 Å². The summed E-state index contributed by atoms with van der Waals surface area (Å²) in [5.41, 5.74) is 5.09. The normalized spacial score (nSPS) is 31.0. The van der Waals surface area contributed by atoms with Gasteiger partial charge >= 0.3 is 6.18 Å². The summed E-state index contributed by atoms with van der Waals surface area (Å²) in [4.78, 5) is 1.26. The summed E-state index contributed by atoms with van der Waals surface area (Å²) in [7, 11) is 1.46. The molecule has 2 N–H and O–H groups in total. The van der Waals surface area contributed by atoms with Gasteiger partial charge in [0.05, 0.1) is 17.7 Å². The van der Waals surface area contributed by atoms with E-state index in [4.69, 9.17) is 10.5 Å². The molecule has 1 aliphatic heterocycles. The van der Waals surface area contributed by atoms with Crippen LogP contribution in [-0.2, 0) is 4.74 Å². The standard InChI is InChI=1S/C12H23F3N2O/c1-10(2)8(9(16)11(3,4)18-10)6-17(5)7-12(13,14)15/h8-9H,6-7,16H2,1-5H3. The lowest BCUT2D eigenvalue weighted by Gasteiger charge is -2.31. The van der Waals surface area contributed by atoms with Gasteiger partial charge in [-0.3, -0.25) is 4.90 Å². The van der Waals surface area contributed by atoms with Crippen LogP contribution in [0.25, 0.3) is 0 Å². The van der Waals surface area contributed by atoms with Crippen molar-refractivity contribution in [2.45, 2.75) is 51.1 Å². The zero-order valence-corrected chi connectivity index (χ0v) is 11.6. The van der Waals surface area contributed by atoms with Crippen LogP contribution in [0.2, 0.25) is 0 Å². The van der Waals surface area contributed by atoms with Crippen molar-refractivity contribution >= 4 is 0 Å². The Hall–Kier alpha value is -0.330. The van der Waals surface area contributed by atoms with Crippen molar-refractivity contribution in [1.82, 2.24) is 4.90 Å². The number of hydrogen-bond donors (Lipinski definition) is 1. The fraction of sp³-hybridized carbons (Fsp3) is 1.00. The molecule has 0 radical (unpaired) electrons. The van der Waals surface area contributed by atoms with Gasteiger partial charge in [-0.1, -0.05) is 0 Å². The predicted octanol–water partition coefficient (Wildman–Crippen LogP) is 2.01. The highest BCUT2D eigenvalue weighted by molar-refractivity contribution is 5.04. The van der Waals surface area contributed by atoms with Crippen molar-refractivity contribution in [2.75, 3.05) is 20.1 Å². The van der Waals surface area contributed by atoms with E-state index < -0.39 is 23.9 Å². The number of rotatable bonds is 3. The molecule has 0 aromatic rings. The first-order valence-corrected chi connectivity index (χ1v) is 6.06. The minimum Gasteiger partial charge on any atom is -0.368 e. The van der Waals surface area contributed by atoms with Crippen LogP contribution in [0.15, 0.2) is 0 Å². The van der Waals surface area contributed by atoms with Crippen LogP contribution in [0.1, 0.15) is 27.7 Å². The Morgan fingerprint density at radius 2 is 1.67 bits per heavy atom. The van der Waals surface area contributed by atoms with E-state index in [1.54, 1.807) is 0 Å². The molecule has 0 saturated carbocycles. The number of alkyl halides is 3. The summed E-state index contributed by atoms with van der Waals surface area (Å²) < 4.78 is 42.8. The largest absolute Gasteiger partial charge is 0.401 e. The van der Waals surface area contributed by atoms with Gasteiger partial charge in [-0.2, -0.15) is 13.2 Å². The number of ether oxygens (including phenoxy) is 1. The van der Waals surface area contributed by atoms with Crippen molar-refractivity contribution in [3.8, 4) is 0 Å². The van der Waals surface area contributed by atoms with Gasteiger partial charge in [0, 0.05) is 18.5 Å². The molecule has 1 saturated heterocycles. The van der Waals surface area contributed by atoms with E-state index in [0.717, 1.165) is 0 Å². The lowest BCUT2D eigenvalue weighted by atomic mass is 9.83. The van der Waals surface area contributed by atoms with Crippen LogP contribution in [-0.4, -0.2) is 48.5 Å². The van der Waals surface area contributed by atoms with Crippen molar-refractivity contribution in [3.05, 3.63) is 0 Å². The molecular weight excluding hydrogens is 245 g/mol. The Morgan fingerprint density at radius 3 is 2.00 bits per heavy atom. The molecule has 0 bridgehead atoms. The van der Waals surface area contributed by atoms with Gasteiger partial charge in [-0.15, -0.1) is 0 Å². The average molecular weight is 268 g/mol. The van der Waals surface area contributed by atoms with Gasteiger partial charge in [0.25, 0.3) is 0 Å². The summed E-state index contributed by atoms with van der Waals surface area (Å²) in [6, 6.07) is -0.275. The summed E-state index contributed by atoms with van der Waals surface area (Å²) >= 11 is 0. The Labute approximate surface area is 106 Å². The van der Waals surface area contributed by atoms with Crippen molar-refractivity contribution in [1.29, 1.82) is 0 Å². The average Bonchev–Trinajstić information content (AvgIpc) is 2.20. The monoisotopic (exact) mass is 268 g/mol. The Bertz CT molecular complexity index is 302. The molecule has 18 heavy (non-hydrogen) atoms. The first-order valence-electron chi connectivity index (χ1n) is 6.06. The van der Waals surface area contributed by atoms with Gasteiger partial charge in [-0.05, 0) is 34.7 Å². The summed E-state index contributed by atoms with van der Waals surface area (Å²) in [5.74, 6) is -0.125. The molecule has 6 heteroatoms. The van der Waals surface area contributed by atoms with Gasteiger partial charge in [0.15, 0.2) is 0 Å². The molecule has 0 spiro atoms. The fourth-order valence-corrected chi connectivity index (χ4v) is 2.78. The summed E-state index contributed by atoms with van der Waals surface area (Å²) in [6.07, 6.45) is -4.18. The van der Waals surface area contributed by atoms with Gasteiger partial charge in [0.2, 0.25) is 0 Å². The summed E-state index contributed by atoms with van der Waals surface area (Å²) in [6.45, 7) is 6.87. The van der Waals surface area contributed by atoms with Crippen LogP contribution in [0.3, 0.4) is 0 Å². The van der Waals surface area contributed by atoms with E-state index in [9.17, 15) is 13.2 Å². The molecule has 0 aromatic heterocycles. The lowest BCUT2D eigenvalue weighted by molar-refractivity contribution is -0.146. The van der Waals surface area contributed by atoms with E-state index >= 15 is 0 Å². The number of nitrogens with zero attached hydrogens (tertiary/aromatic N) is 1. The van der Waals surface area contributed by atoms with E-state index in [1.165, 1.54) is 11.9 Å². The highest BCUT2D eigenvalue weighted by Crippen LogP contribution is 2.41. The van der Waals surface area contributed by atoms with Gasteiger partial charge in [0.1, 0.15) is 0 Å². The highest BCUT2D eigenvalue weighted by atomic mass is 19.4. The molecule has 1 fully saturated rings. The van der Waals surface area contributed by atoms with Crippen molar-refractivity contribution < 1.29 is 17.9 Å². The third kappa shape index (κ3) is 3.59. The number of halogens is 3. The zero-order valence-electron chi connectivity index (χ0n) is 11.6. The van der Waals surface area contributed by atoms with Crippen LogP contribution >= 0.6 is 0 Å². The number of hydrogen-bond acceptors (Lipinski definition) is 3. The third-order valence-corrected chi connectivity index (χ3v) is 3.61. The molecule has 0 aromatic carbocycles. The molecule has 0 amide bonds. The topological polar surface area (TPSA) is 38.5 Å². The van der Waals surface area contributed by atoms with Gasteiger partial charge < -0.3 is 10.5 Å². The first-order chi connectivity index (χ1) is 7.85. The molecular formula is C12H23F3N2O. The number of nitrogens with two attached hydrogens (primary N) is 1. The van der Waals surface area contributed by atoms with E-state index in [1.807, 2.05) is 27.7 Å². The predicted molar refractivity (Wildman–Crippen MR) is 64.3 cm³/mol. The molecule has 108 valence electrons. The van der Waals surface area contributed by atoms with E-state index in [-0.39, 0.29) is 18.5 Å². The van der Waals surface area contributed by atoms with Gasteiger partial charge in [-0.25, -0.2) is 0 Å². The maximum atomic E-state index is 12.3. The second kappa shape index (κ2) is 4.65. The van der Waals surface area contributed by atoms with Crippen LogP contribution in [0.5, 0.6) is 0 Å². The molecule has 1 rings (SSSR count). The minimum atomic E-state index is -4.18. The fourth-order valence-electron chi connectivity index (χ4n) is 2.78. The van der Waals surface area contributed by atoms with Crippen molar-refractivity contribution in [2.24, 2.45) is 11.7 Å². The maximum absolute atomic E-state index is 12.3.